The first-order valence-electron chi connectivity index (χ1n) is 8.99. The molecule has 3 heterocycles. The summed E-state index contributed by atoms with van der Waals surface area (Å²) in [7, 11) is 1.70. The number of likely N-dealkylation sites (tertiary alicyclic amines) is 1. The van der Waals surface area contributed by atoms with Gasteiger partial charge in [0.25, 0.3) is 5.91 Å². The van der Waals surface area contributed by atoms with Crippen molar-refractivity contribution in [2.24, 2.45) is 11.7 Å². The molecule has 3 rings (SSSR count). The number of nitrogens with two attached hydrogens (primary N) is 1. The number of primary amides is 1. The van der Waals surface area contributed by atoms with Crippen molar-refractivity contribution in [2.75, 3.05) is 18.9 Å². The molecule has 0 bridgehead atoms. The normalized spacial score (nSPS) is 25.1. The highest BCUT2D eigenvalue weighted by Crippen LogP contribution is 2.39. The van der Waals surface area contributed by atoms with Crippen LogP contribution in [-0.2, 0) is 14.4 Å². The summed E-state index contributed by atoms with van der Waals surface area (Å²) in [5, 5.41) is 5.75. The van der Waals surface area contributed by atoms with Crippen molar-refractivity contribution in [3.8, 4) is 5.75 Å². The highest BCUT2D eigenvalue weighted by Gasteiger charge is 2.57. The van der Waals surface area contributed by atoms with Crippen LogP contribution in [-0.4, -0.2) is 58.9 Å². The monoisotopic (exact) mass is 375 g/mol. The number of carbonyl (C=O) groups excluding carboxylic acids is 3. The highest BCUT2D eigenvalue weighted by molar-refractivity contribution is 6.03. The Kier molecular flexibility index (Phi) is 5.05. The molecule has 3 atom stereocenters. The number of pyridine rings is 1. The van der Waals surface area contributed by atoms with Crippen LogP contribution in [0.25, 0.3) is 0 Å². The van der Waals surface area contributed by atoms with Gasteiger partial charge in [-0.05, 0) is 19.4 Å². The van der Waals surface area contributed by atoms with Crippen molar-refractivity contribution < 1.29 is 19.1 Å². The molecule has 27 heavy (non-hydrogen) atoms. The molecule has 1 unspecified atom stereocenters. The van der Waals surface area contributed by atoms with Gasteiger partial charge in [0.05, 0.1) is 18.8 Å². The molecule has 0 radical (unpaired) electrons. The third-order valence-electron chi connectivity index (χ3n) is 5.04. The van der Waals surface area contributed by atoms with Crippen LogP contribution in [0, 0.1) is 5.92 Å². The SMILES string of the molecule is CN[C@@H](CC(C)C)C(=O)N1CC2(C[C@H]1C(N)=O)Oc1ccncc1NC2=O. The van der Waals surface area contributed by atoms with Crippen molar-refractivity contribution in [3.05, 3.63) is 18.5 Å². The first-order chi connectivity index (χ1) is 12.8. The summed E-state index contributed by atoms with van der Waals surface area (Å²) >= 11 is 0. The van der Waals surface area contributed by atoms with Crippen LogP contribution >= 0.6 is 0 Å². The Bertz CT molecular complexity index is 768. The van der Waals surface area contributed by atoms with Crippen LogP contribution in [0.15, 0.2) is 18.5 Å². The molecule has 4 N–H and O–H groups in total. The molecule has 2 aliphatic heterocycles. The third-order valence-corrected chi connectivity index (χ3v) is 5.04. The number of nitrogens with zero attached hydrogens (tertiary/aromatic N) is 2. The molecule has 1 spiro atoms. The maximum Gasteiger partial charge on any atom is 0.270 e. The van der Waals surface area contributed by atoms with Gasteiger partial charge in [0.15, 0.2) is 0 Å². The van der Waals surface area contributed by atoms with E-state index in [9.17, 15) is 14.4 Å². The Morgan fingerprint density at radius 2 is 2.26 bits per heavy atom. The summed E-state index contributed by atoms with van der Waals surface area (Å²) in [6.07, 6.45) is 3.65. The van der Waals surface area contributed by atoms with E-state index in [1.165, 1.54) is 11.1 Å². The zero-order valence-electron chi connectivity index (χ0n) is 15.7. The van der Waals surface area contributed by atoms with E-state index in [0.717, 1.165) is 0 Å². The molecule has 1 aromatic heterocycles. The number of anilines is 1. The molecule has 0 aliphatic carbocycles. The topological polar surface area (TPSA) is 127 Å². The summed E-state index contributed by atoms with van der Waals surface area (Å²) < 4.78 is 5.97. The van der Waals surface area contributed by atoms with E-state index in [4.69, 9.17) is 10.5 Å². The fraction of sp³-hybridized carbons (Fsp3) is 0.556. The predicted octanol–water partition coefficient (Wildman–Crippen LogP) is -0.128. The molecule has 3 amide bonds. The lowest BCUT2D eigenvalue weighted by Gasteiger charge is -2.34. The number of likely N-dealkylation sites (N-methyl/N-ethyl adjacent to an activating group) is 1. The fourth-order valence-electron chi connectivity index (χ4n) is 3.67. The Balaban J connectivity index is 1.90. The molecular weight excluding hydrogens is 350 g/mol. The second-order valence-electron chi connectivity index (χ2n) is 7.48. The summed E-state index contributed by atoms with van der Waals surface area (Å²) in [4.78, 5) is 43.2. The van der Waals surface area contributed by atoms with E-state index in [0.29, 0.717) is 17.9 Å². The molecule has 1 saturated heterocycles. The third kappa shape index (κ3) is 3.46. The Morgan fingerprint density at radius 1 is 1.52 bits per heavy atom. The minimum Gasteiger partial charge on any atom is -0.473 e. The van der Waals surface area contributed by atoms with Gasteiger partial charge >= 0.3 is 0 Å². The lowest BCUT2D eigenvalue weighted by atomic mass is 9.96. The second-order valence-corrected chi connectivity index (χ2v) is 7.48. The maximum atomic E-state index is 13.1. The van der Waals surface area contributed by atoms with Gasteiger partial charge < -0.3 is 26.0 Å². The molecule has 0 aromatic carbocycles. The van der Waals surface area contributed by atoms with Crippen molar-refractivity contribution in [1.82, 2.24) is 15.2 Å². The van der Waals surface area contributed by atoms with Gasteiger partial charge in [0.2, 0.25) is 17.4 Å². The summed E-state index contributed by atoms with van der Waals surface area (Å²) in [6.45, 7) is 3.98. The second kappa shape index (κ2) is 7.15. The molecule has 1 fully saturated rings. The van der Waals surface area contributed by atoms with Crippen LogP contribution in [0.3, 0.4) is 0 Å². The molecular formula is C18H25N5O4. The molecule has 146 valence electrons. The summed E-state index contributed by atoms with van der Waals surface area (Å²) in [5.74, 6) is -0.590. The van der Waals surface area contributed by atoms with E-state index in [1.54, 1.807) is 19.3 Å². The Morgan fingerprint density at radius 3 is 2.89 bits per heavy atom. The minimum atomic E-state index is -1.35. The number of hydrogen-bond donors (Lipinski definition) is 3. The molecule has 2 aliphatic rings. The number of amides is 3. The van der Waals surface area contributed by atoms with E-state index in [-0.39, 0.29) is 24.8 Å². The predicted molar refractivity (Wildman–Crippen MR) is 97.8 cm³/mol. The van der Waals surface area contributed by atoms with Crippen molar-refractivity contribution in [3.63, 3.8) is 0 Å². The first kappa shape index (κ1) is 19.1. The standard InChI is InChI=1S/C18H25N5O4/c1-10(2)6-11(20-3)16(25)23-9-18(7-13(23)15(19)24)17(26)22-12-8-21-5-4-14(12)27-18/h4-5,8,10-11,13,20H,6-7,9H2,1-3H3,(H2,19,24)(H,22,26)/t11-,13-,18?/m0/s1. The Hall–Kier alpha value is -2.68. The number of aromatic nitrogens is 1. The number of hydrogen-bond acceptors (Lipinski definition) is 6. The van der Waals surface area contributed by atoms with Crippen LogP contribution in [0.2, 0.25) is 0 Å². The van der Waals surface area contributed by atoms with Crippen molar-refractivity contribution >= 4 is 23.4 Å². The van der Waals surface area contributed by atoms with Gasteiger partial charge in [0.1, 0.15) is 17.5 Å². The number of carbonyl (C=O) groups is 3. The molecule has 0 saturated carbocycles. The van der Waals surface area contributed by atoms with E-state index >= 15 is 0 Å². The highest BCUT2D eigenvalue weighted by atomic mass is 16.5. The maximum absolute atomic E-state index is 13.1. The van der Waals surface area contributed by atoms with Gasteiger partial charge in [-0.2, -0.15) is 0 Å². The van der Waals surface area contributed by atoms with Gasteiger partial charge in [-0.1, -0.05) is 13.8 Å². The van der Waals surface area contributed by atoms with Gasteiger partial charge in [0, 0.05) is 18.7 Å². The van der Waals surface area contributed by atoms with Crippen molar-refractivity contribution in [1.29, 1.82) is 0 Å². The van der Waals surface area contributed by atoms with Crippen LogP contribution in [0.1, 0.15) is 26.7 Å². The smallest absolute Gasteiger partial charge is 0.270 e. The molecule has 9 nitrogen and oxygen atoms in total. The summed E-state index contributed by atoms with van der Waals surface area (Å²) in [6, 6.07) is 0.259. The van der Waals surface area contributed by atoms with E-state index < -0.39 is 29.5 Å². The first-order valence-corrected chi connectivity index (χ1v) is 8.99. The Labute approximate surface area is 157 Å². The number of nitrogens with one attached hydrogen (secondary N) is 2. The minimum absolute atomic E-state index is 0.0137. The number of ether oxygens (including phenoxy) is 1. The lowest BCUT2D eigenvalue weighted by Crippen LogP contribution is -2.54. The van der Waals surface area contributed by atoms with Crippen LogP contribution in [0.4, 0.5) is 5.69 Å². The quantitative estimate of drug-likeness (QED) is 0.658. The van der Waals surface area contributed by atoms with E-state index in [2.05, 4.69) is 15.6 Å². The zero-order valence-corrected chi connectivity index (χ0v) is 15.7. The van der Waals surface area contributed by atoms with Crippen molar-refractivity contribution in [2.45, 2.75) is 44.4 Å². The largest absolute Gasteiger partial charge is 0.473 e. The lowest BCUT2D eigenvalue weighted by molar-refractivity contribution is -0.140. The zero-order chi connectivity index (χ0) is 19.8. The number of fused-ring (bicyclic) bond motifs is 1. The van der Waals surface area contributed by atoms with Crippen LogP contribution in [0.5, 0.6) is 5.75 Å². The van der Waals surface area contributed by atoms with Gasteiger partial charge in [-0.15, -0.1) is 0 Å². The number of rotatable bonds is 5. The average molecular weight is 375 g/mol. The van der Waals surface area contributed by atoms with Gasteiger partial charge in [-0.3, -0.25) is 19.4 Å². The fourth-order valence-corrected chi connectivity index (χ4v) is 3.67. The average Bonchev–Trinajstić information content (AvgIpc) is 3.01. The van der Waals surface area contributed by atoms with Crippen LogP contribution < -0.4 is 21.1 Å². The van der Waals surface area contributed by atoms with E-state index in [1.807, 2.05) is 13.8 Å². The summed E-state index contributed by atoms with van der Waals surface area (Å²) in [5.41, 5.74) is 4.66. The van der Waals surface area contributed by atoms with Gasteiger partial charge in [-0.25, -0.2) is 0 Å². The molecule has 9 heteroatoms. The molecule has 1 aromatic rings.